The van der Waals surface area contributed by atoms with Crippen LogP contribution in [0.15, 0.2) is 35.6 Å². The van der Waals surface area contributed by atoms with Crippen molar-refractivity contribution in [3.8, 4) is 0 Å². The molecule has 1 fully saturated rings. The minimum absolute atomic E-state index is 0.0295. The number of hydrogen-bond donors (Lipinski definition) is 0. The quantitative estimate of drug-likeness (QED) is 0.468. The third-order valence-electron chi connectivity index (χ3n) is 6.07. The highest BCUT2D eigenvalue weighted by molar-refractivity contribution is 7.90. The van der Waals surface area contributed by atoms with Crippen LogP contribution in [0, 0.1) is 18.8 Å². The number of sulfone groups is 1. The van der Waals surface area contributed by atoms with Crippen molar-refractivity contribution in [3.05, 3.63) is 47.3 Å². The monoisotopic (exact) mass is 489 g/mol. The summed E-state index contributed by atoms with van der Waals surface area (Å²) in [6.07, 6.45) is 4.04. The molecule has 0 unspecified atom stereocenters. The Hall–Kier alpha value is -2.19. The standard InChI is InChI=1S/C26H39N3O4S/c1-19(2)13-25(30)28(17-24-11-8-12-33-24)16-23-14-27-26(29(23)15-20(3)4)34(31,32)18-22-10-7-6-9-21(22)5/h6-7,9-10,14,19-20,24H,8,11-13,15-18H2,1-5H3/t24-/m1/s1. The zero-order valence-electron chi connectivity index (χ0n) is 21.2. The van der Waals surface area contributed by atoms with Crippen LogP contribution in [-0.4, -0.2) is 48.0 Å². The van der Waals surface area contributed by atoms with Gasteiger partial charge in [0.1, 0.15) is 0 Å². The Bertz CT molecular complexity index is 1070. The first-order chi connectivity index (χ1) is 16.1. The van der Waals surface area contributed by atoms with Gasteiger partial charge in [-0.05, 0) is 42.7 Å². The number of carbonyl (C=O) groups excluding carboxylic acids is 1. The topological polar surface area (TPSA) is 81.5 Å². The van der Waals surface area contributed by atoms with Crippen molar-refractivity contribution in [2.45, 2.75) is 84.0 Å². The highest BCUT2D eigenvalue weighted by Gasteiger charge is 2.28. The van der Waals surface area contributed by atoms with Gasteiger partial charge in [0.15, 0.2) is 0 Å². The average Bonchev–Trinajstić information content (AvgIpc) is 3.39. The molecule has 0 N–H and O–H groups in total. The lowest BCUT2D eigenvalue weighted by Gasteiger charge is -2.27. The van der Waals surface area contributed by atoms with Crippen molar-refractivity contribution in [2.24, 2.45) is 11.8 Å². The molecule has 7 nitrogen and oxygen atoms in total. The zero-order chi connectivity index (χ0) is 24.9. The molecule has 34 heavy (non-hydrogen) atoms. The summed E-state index contributed by atoms with van der Waals surface area (Å²) in [6, 6.07) is 7.52. The molecule has 1 aromatic carbocycles. The lowest BCUT2D eigenvalue weighted by atomic mass is 10.1. The van der Waals surface area contributed by atoms with Gasteiger partial charge >= 0.3 is 0 Å². The summed E-state index contributed by atoms with van der Waals surface area (Å²) in [5, 5.41) is 0.0767. The summed E-state index contributed by atoms with van der Waals surface area (Å²) in [5.41, 5.74) is 2.46. The molecule has 2 aromatic rings. The number of aromatic nitrogens is 2. The summed E-state index contributed by atoms with van der Waals surface area (Å²) in [7, 11) is -3.66. The van der Waals surface area contributed by atoms with E-state index in [1.54, 1.807) is 10.8 Å². The fourth-order valence-electron chi connectivity index (χ4n) is 4.33. The van der Waals surface area contributed by atoms with Crippen LogP contribution in [0.1, 0.15) is 63.8 Å². The van der Waals surface area contributed by atoms with E-state index >= 15 is 0 Å². The minimum atomic E-state index is -3.66. The van der Waals surface area contributed by atoms with Gasteiger partial charge in [0.2, 0.25) is 20.9 Å². The van der Waals surface area contributed by atoms with Crippen molar-refractivity contribution in [2.75, 3.05) is 13.2 Å². The number of benzene rings is 1. The van der Waals surface area contributed by atoms with E-state index in [9.17, 15) is 13.2 Å². The maximum atomic E-state index is 13.4. The van der Waals surface area contributed by atoms with Crippen LogP contribution in [0.2, 0.25) is 0 Å². The van der Waals surface area contributed by atoms with E-state index in [1.807, 2.05) is 49.9 Å². The van der Waals surface area contributed by atoms with Crippen molar-refractivity contribution in [1.29, 1.82) is 0 Å². The number of carbonyl (C=O) groups is 1. The maximum Gasteiger partial charge on any atom is 0.228 e. The SMILES string of the molecule is Cc1ccccc1CS(=O)(=O)c1ncc(CN(C[C@H]2CCCO2)C(=O)CC(C)C)n1CC(C)C. The number of rotatable bonds is 11. The maximum absolute atomic E-state index is 13.4. The van der Waals surface area contributed by atoms with E-state index in [2.05, 4.69) is 18.8 Å². The van der Waals surface area contributed by atoms with E-state index in [-0.39, 0.29) is 34.8 Å². The van der Waals surface area contributed by atoms with Gasteiger partial charge in [-0.15, -0.1) is 0 Å². The number of hydrogen-bond acceptors (Lipinski definition) is 5. The van der Waals surface area contributed by atoms with Gasteiger partial charge in [-0.3, -0.25) is 4.79 Å². The van der Waals surface area contributed by atoms with Crippen LogP contribution in [0.3, 0.4) is 0 Å². The van der Waals surface area contributed by atoms with Crippen LogP contribution < -0.4 is 0 Å². The Balaban J connectivity index is 1.92. The van der Waals surface area contributed by atoms with Crippen LogP contribution in [0.4, 0.5) is 0 Å². The number of nitrogens with zero attached hydrogens (tertiary/aromatic N) is 3. The summed E-state index contributed by atoms with van der Waals surface area (Å²) >= 11 is 0. The second-order valence-corrected chi connectivity index (χ2v) is 12.1. The molecule has 1 saturated heterocycles. The summed E-state index contributed by atoms with van der Waals surface area (Å²) in [6.45, 7) is 12.2. The molecule has 1 aliphatic heterocycles. The Morgan fingerprint density at radius 1 is 1.21 bits per heavy atom. The number of aryl methyl sites for hydroxylation is 1. The average molecular weight is 490 g/mol. The highest BCUT2D eigenvalue weighted by atomic mass is 32.2. The van der Waals surface area contributed by atoms with Gasteiger partial charge in [-0.1, -0.05) is 52.0 Å². The molecule has 0 spiro atoms. The second-order valence-electron chi connectivity index (χ2n) is 10.2. The number of ether oxygens (including phenoxy) is 1. The predicted molar refractivity (Wildman–Crippen MR) is 133 cm³/mol. The zero-order valence-corrected chi connectivity index (χ0v) is 22.0. The van der Waals surface area contributed by atoms with E-state index in [0.717, 1.165) is 36.3 Å². The third-order valence-corrected chi connectivity index (χ3v) is 7.64. The minimum Gasteiger partial charge on any atom is -0.376 e. The third kappa shape index (κ3) is 6.92. The van der Waals surface area contributed by atoms with Crippen molar-refractivity contribution in [3.63, 3.8) is 0 Å². The smallest absolute Gasteiger partial charge is 0.228 e. The molecule has 1 aliphatic rings. The normalized spacial score (nSPS) is 16.5. The van der Waals surface area contributed by atoms with Gasteiger partial charge in [0.05, 0.1) is 30.3 Å². The summed E-state index contributed by atoms with van der Waals surface area (Å²) in [5.74, 6) is 0.427. The first-order valence-electron chi connectivity index (χ1n) is 12.3. The van der Waals surface area contributed by atoms with E-state index in [0.29, 0.717) is 26.1 Å². The van der Waals surface area contributed by atoms with E-state index < -0.39 is 9.84 Å². The van der Waals surface area contributed by atoms with E-state index in [4.69, 9.17) is 4.74 Å². The molecule has 1 aromatic heterocycles. The van der Waals surface area contributed by atoms with Gasteiger partial charge in [-0.2, -0.15) is 0 Å². The van der Waals surface area contributed by atoms with Gasteiger partial charge < -0.3 is 14.2 Å². The molecule has 8 heteroatoms. The molecule has 3 rings (SSSR count). The molecule has 2 heterocycles. The summed E-state index contributed by atoms with van der Waals surface area (Å²) in [4.78, 5) is 19.3. The fraction of sp³-hybridized carbons (Fsp3) is 0.615. The van der Waals surface area contributed by atoms with Crippen LogP contribution >= 0.6 is 0 Å². The largest absolute Gasteiger partial charge is 0.376 e. The Morgan fingerprint density at radius 3 is 2.56 bits per heavy atom. The lowest BCUT2D eigenvalue weighted by molar-refractivity contribution is -0.134. The molecule has 1 atom stereocenters. The van der Waals surface area contributed by atoms with Crippen LogP contribution in [-0.2, 0) is 38.2 Å². The summed E-state index contributed by atoms with van der Waals surface area (Å²) < 4.78 is 34.4. The highest BCUT2D eigenvalue weighted by Crippen LogP contribution is 2.23. The molecule has 1 amide bonds. The van der Waals surface area contributed by atoms with Gasteiger partial charge in [-0.25, -0.2) is 13.4 Å². The molecule has 188 valence electrons. The number of amides is 1. The molecule has 0 bridgehead atoms. The fourth-order valence-corrected chi connectivity index (χ4v) is 5.93. The Labute approximate surface area is 204 Å². The van der Waals surface area contributed by atoms with Crippen LogP contribution in [0.25, 0.3) is 0 Å². The van der Waals surface area contributed by atoms with Crippen molar-refractivity contribution in [1.82, 2.24) is 14.5 Å². The molecule has 0 saturated carbocycles. The molecular weight excluding hydrogens is 450 g/mol. The second kappa shape index (κ2) is 11.5. The molecule has 0 aliphatic carbocycles. The van der Waals surface area contributed by atoms with Crippen molar-refractivity contribution >= 4 is 15.7 Å². The van der Waals surface area contributed by atoms with Crippen LogP contribution in [0.5, 0.6) is 0 Å². The lowest BCUT2D eigenvalue weighted by Crippen LogP contribution is -2.38. The Kier molecular flexibility index (Phi) is 8.93. The van der Waals surface area contributed by atoms with Gasteiger partial charge in [0, 0.05) is 26.1 Å². The number of imidazole rings is 1. The first kappa shape index (κ1) is 26.4. The van der Waals surface area contributed by atoms with E-state index in [1.165, 1.54) is 0 Å². The molecule has 0 radical (unpaired) electrons. The Morgan fingerprint density at radius 2 is 1.94 bits per heavy atom. The van der Waals surface area contributed by atoms with Crippen molar-refractivity contribution < 1.29 is 17.9 Å². The first-order valence-corrected chi connectivity index (χ1v) is 13.9. The molecular formula is C26H39N3O4S. The van der Waals surface area contributed by atoms with Gasteiger partial charge in [0.25, 0.3) is 0 Å². The predicted octanol–water partition coefficient (Wildman–Crippen LogP) is 4.38.